The molecule has 0 N–H and O–H groups in total. The Labute approximate surface area is 289 Å². The maximum absolute atomic E-state index is 4.91. The van der Waals surface area contributed by atoms with Crippen LogP contribution in [0.1, 0.15) is 0 Å². The maximum atomic E-state index is 4.91. The SMILES string of the molecule is c1ccc(-c2nccc(-c3ccc(-c4cc(-n5c6ccccc6c6ccccc65)cc(-n5c6ccccc6c6ccccc65)c4)cc3)n2)cc1. The quantitative estimate of drug-likeness (QED) is 0.188. The molecular weight excluding hydrogens is 609 g/mol. The molecule has 4 heteroatoms. The molecule has 10 rings (SSSR count). The molecule has 0 saturated heterocycles. The molecule has 3 heterocycles. The zero-order valence-electron chi connectivity index (χ0n) is 27.1. The summed E-state index contributed by atoms with van der Waals surface area (Å²) in [7, 11) is 0. The molecule has 10 aromatic rings. The Morgan fingerprint density at radius 1 is 0.340 bits per heavy atom. The van der Waals surface area contributed by atoms with Gasteiger partial charge in [-0.2, -0.15) is 0 Å². The van der Waals surface area contributed by atoms with Crippen molar-refractivity contribution in [1.82, 2.24) is 19.1 Å². The Bertz CT molecular complexity index is 2620. The average molecular weight is 639 g/mol. The molecule has 50 heavy (non-hydrogen) atoms. The van der Waals surface area contributed by atoms with E-state index in [9.17, 15) is 0 Å². The third kappa shape index (κ3) is 4.54. The molecule has 0 aliphatic heterocycles. The van der Waals surface area contributed by atoms with Gasteiger partial charge in [-0.3, -0.25) is 0 Å². The number of hydrogen-bond donors (Lipinski definition) is 0. The van der Waals surface area contributed by atoms with E-state index in [0.717, 1.165) is 45.1 Å². The first-order valence-electron chi connectivity index (χ1n) is 16.9. The van der Waals surface area contributed by atoms with Crippen LogP contribution in [-0.2, 0) is 0 Å². The van der Waals surface area contributed by atoms with Gasteiger partial charge in [0.05, 0.1) is 27.8 Å². The van der Waals surface area contributed by atoms with Crippen LogP contribution in [0.15, 0.2) is 182 Å². The third-order valence-electron chi connectivity index (χ3n) is 9.78. The Kier molecular flexibility index (Phi) is 6.46. The molecule has 4 nitrogen and oxygen atoms in total. The Hall–Kier alpha value is -6.78. The standard InChI is InChI=1S/C46H30N4/c1-2-12-33(13-3-1)46-47-27-26-41(48-46)32-24-22-31(23-25-32)34-28-35(49-42-18-8-4-14-37(42)38-15-5-9-19-43(38)49)30-36(29-34)50-44-20-10-6-16-39(44)40-17-7-11-21-45(40)50/h1-30H. The van der Waals surface area contributed by atoms with Crippen molar-refractivity contribution in [2.45, 2.75) is 0 Å². The topological polar surface area (TPSA) is 35.6 Å². The highest BCUT2D eigenvalue weighted by Crippen LogP contribution is 2.38. The summed E-state index contributed by atoms with van der Waals surface area (Å²) in [6.45, 7) is 0. The zero-order chi connectivity index (χ0) is 33.0. The smallest absolute Gasteiger partial charge is 0.159 e. The van der Waals surface area contributed by atoms with Gasteiger partial charge in [0, 0.05) is 50.2 Å². The molecule has 0 spiro atoms. The van der Waals surface area contributed by atoms with Crippen molar-refractivity contribution in [2.75, 3.05) is 0 Å². The fourth-order valence-corrected chi connectivity index (χ4v) is 7.50. The largest absolute Gasteiger partial charge is 0.309 e. The molecule has 0 bridgehead atoms. The fraction of sp³-hybridized carbons (Fsp3) is 0. The fourth-order valence-electron chi connectivity index (χ4n) is 7.50. The highest BCUT2D eigenvalue weighted by Gasteiger charge is 2.17. The second-order valence-electron chi connectivity index (χ2n) is 12.7. The van der Waals surface area contributed by atoms with Crippen LogP contribution in [0.25, 0.3) is 88.8 Å². The number of aromatic nitrogens is 4. The first-order chi connectivity index (χ1) is 24.8. The molecule has 0 atom stereocenters. The van der Waals surface area contributed by atoms with Crippen molar-refractivity contribution in [1.29, 1.82) is 0 Å². The summed E-state index contributed by atoms with van der Waals surface area (Å²) in [5.41, 5.74) is 12.2. The highest BCUT2D eigenvalue weighted by atomic mass is 15.0. The first-order valence-corrected chi connectivity index (χ1v) is 16.9. The number of rotatable bonds is 5. The summed E-state index contributed by atoms with van der Waals surface area (Å²) in [6, 6.07) is 62.6. The molecule has 0 unspecified atom stereocenters. The van der Waals surface area contributed by atoms with Gasteiger partial charge in [0.15, 0.2) is 5.82 Å². The average Bonchev–Trinajstić information content (AvgIpc) is 3.71. The van der Waals surface area contributed by atoms with E-state index in [4.69, 9.17) is 4.98 Å². The lowest BCUT2D eigenvalue weighted by Crippen LogP contribution is -2.00. The van der Waals surface area contributed by atoms with Crippen molar-refractivity contribution >= 4 is 43.6 Å². The Morgan fingerprint density at radius 3 is 1.28 bits per heavy atom. The van der Waals surface area contributed by atoms with E-state index in [2.05, 4.69) is 154 Å². The van der Waals surface area contributed by atoms with E-state index in [1.54, 1.807) is 0 Å². The van der Waals surface area contributed by atoms with Crippen LogP contribution in [0.3, 0.4) is 0 Å². The van der Waals surface area contributed by atoms with Gasteiger partial charge in [0.25, 0.3) is 0 Å². The number of benzene rings is 7. The molecule has 0 radical (unpaired) electrons. The number of hydrogen-bond acceptors (Lipinski definition) is 2. The van der Waals surface area contributed by atoms with Crippen LogP contribution in [0, 0.1) is 0 Å². The van der Waals surface area contributed by atoms with Crippen LogP contribution in [-0.4, -0.2) is 19.1 Å². The van der Waals surface area contributed by atoms with Gasteiger partial charge in [-0.15, -0.1) is 0 Å². The zero-order valence-corrected chi connectivity index (χ0v) is 27.1. The second-order valence-corrected chi connectivity index (χ2v) is 12.7. The summed E-state index contributed by atoms with van der Waals surface area (Å²) in [4.78, 5) is 9.45. The van der Waals surface area contributed by atoms with E-state index >= 15 is 0 Å². The molecule has 0 aliphatic rings. The number of fused-ring (bicyclic) bond motifs is 6. The van der Waals surface area contributed by atoms with Crippen LogP contribution >= 0.6 is 0 Å². The third-order valence-corrected chi connectivity index (χ3v) is 9.78. The summed E-state index contributed by atoms with van der Waals surface area (Å²) in [5.74, 6) is 0.724. The molecule has 0 saturated carbocycles. The summed E-state index contributed by atoms with van der Waals surface area (Å²) in [5, 5.41) is 4.99. The van der Waals surface area contributed by atoms with Crippen LogP contribution in [0.2, 0.25) is 0 Å². The summed E-state index contributed by atoms with van der Waals surface area (Å²) in [6.07, 6.45) is 1.84. The van der Waals surface area contributed by atoms with Crippen LogP contribution in [0.5, 0.6) is 0 Å². The van der Waals surface area contributed by atoms with E-state index < -0.39 is 0 Å². The molecular formula is C46H30N4. The van der Waals surface area contributed by atoms with Gasteiger partial charge in [0.2, 0.25) is 0 Å². The van der Waals surface area contributed by atoms with Gasteiger partial charge >= 0.3 is 0 Å². The predicted octanol–water partition coefficient (Wildman–Crippen LogP) is 11.7. The van der Waals surface area contributed by atoms with Crippen molar-refractivity contribution in [2.24, 2.45) is 0 Å². The molecule has 234 valence electrons. The molecule has 0 amide bonds. The van der Waals surface area contributed by atoms with Crippen molar-refractivity contribution < 1.29 is 0 Å². The molecule has 3 aromatic heterocycles. The minimum absolute atomic E-state index is 0.724. The lowest BCUT2D eigenvalue weighted by Gasteiger charge is -2.16. The monoisotopic (exact) mass is 638 g/mol. The van der Waals surface area contributed by atoms with Gasteiger partial charge in [-0.05, 0) is 59.7 Å². The van der Waals surface area contributed by atoms with E-state index in [-0.39, 0.29) is 0 Å². The van der Waals surface area contributed by atoms with Gasteiger partial charge in [0.1, 0.15) is 0 Å². The predicted molar refractivity (Wildman–Crippen MR) is 207 cm³/mol. The summed E-state index contributed by atoms with van der Waals surface area (Å²) >= 11 is 0. The maximum Gasteiger partial charge on any atom is 0.159 e. The number of nitrogens with zero attached hydrogens (tertiary/aromatic N) is 4. The van der Waals surface area contributed by atoms with E-state index in [1.807, 2.05) is 42.6 Å². The van der Waals surface area contributed by atoms with Gasteiger partial charge in [-0.1, -0.05) is 127 Å². The first kappa shape index (κ1) is 28.3. The van der Waals surface area contributed by atoms with Crippen LogP contribution < -0.4 is 0 Å². The van der Waals surface area contributed by atoms with Crippen molar-refractivity contribution in [3.05, 3.63) is 182 Å². The normalized spacial score (nSPS) is 11.6. The van der Waals surface area contributed by atoms with Gasteiger partial charge in [-0.25, -0.2) is 9.97 Å². The number of para-hydroxylation sites is 4. The molecule has 0 fully saturated rings. The van der Waals surface area contributed by atoms with E-state index in [1.165, 1.54) is 43.6 Å². The summed E-state index contributed by atoms with van der Waals surface area (Å²) < 4.78 is 4.82. The Balaban J connectivity index is 1.18. The molecule has 0 aliphatic carbocycles. The lowest BCUT2D eigenvalue weighted by molar-refractivity contribution is 1.13. The van der Waals surface area contributed by atoms with Crippen molar-refractivity contribution in [3.8, 4) is 45.1 Å². The lowest BCUT2D eigenvalue weighted by atomic mass is 10.0. The minimum Gasteiger partial charge on any atom is -0.309 e. The second kappa shape index (κ2) is 11.4. The van der Waals surface area contributed by atoms with Crippen molar-refractivity contribution in [3.63, 3.8) is 0 Å². The Morgan fingerprint density at radius 2 is 0.780 bits per heavy atom. The van der Waals surface area contributed by atoms with E-state index in [0.29, 0.717) is 0 Å². The van der Waals surface area contributed by atoms with Gasteiger partial charge < -0.3 is 9.13 Å². The van der Waals surface area contributed by atoms with Crippen LogP contribution in [0.4, 0.5) is 0 Å². The molecule has 7 aromatic carbocycles. The highest BCUT2D eigenvalue weighted by molar-refractivity contribution is 6.10. The minimum atomic E-state index is 0.724.